The van der Waals surface area contributed by atoms with Crippen molar-refractivity contribution in [3.63, 3.8) is 0 Å². The fourth-order valence-electron chi connectivity index (χ4n) is 6.93. The van der Waals surface area contributed by atoms with Crippen LogP contribution in [0.15, 0.2) is 12.2 Å². The largest absolute Gasteiger partial charge is 0.394 e. The standard InChI is InChI=1S/C44H87NO4/c1-3-5-7-9-11-13-15-17-18-19-20-21-22-23-24-25-26-27-29-31-33-35-37-39-43(48)45-41(40-46)44(49)42(47)38-36-34-32-30-28-16-14-12-10-8-6-4-2/h30,32,41-42,44,46-47,49H,3-29,31,33-40H2,1-2H3,(H,45,48)/t41-,42+,44-/m0/s1. The van der Waals surface area contributed by atoms with Crippen LogP contribution >= 0.6 is 0 Å². The zero-order valence-corrected chi connectivity index (χ0v) is 33.1. The zero-order valence-electron chi connectivity index (χ0n) is 33.1. The van der Waals surface area contributed by atoms with Crippen molar-refractivity contribution in [3.8, 4) is 0 Å². The van der Waals surface area contributed by atoms with Gasteiger partial charge < -0.3 is 20.6 Å². The summed E-state index contributed by atoms with van der Waals surface area (Å²) in [5, 5.41) is 33.4. The van der Waals surface area contributed by atoms with Gasteiger partial charge in [-0.15, -0.1) is 0 Å². The summed E-state index contributed by atoms with van der Waals surface area (Å²) in [6.45, 7) is 4.17. The summed E-state index contributed by atoms with van der Waals surface area (Å²) in [5.41, 5.74) is 0. The zero-order chi connectivity index (χ0) is 35.9. The Balaban J connectivity index is 3.57. The average Bonchev–Trinajstić information content (AvgIpc) is 3.10. The lowest BCUT2D eigenvalue weighted by Gasteiger charge is -2.26. The molecule has 3 atom stereocenters. The predicted molar refractivity (Wildman–Crippen MR) is 213 cm³/mol. The number of aliphatic hydroxyl groups excluding tert-OH is 3. The molecule has 0 radical (unpaired) electrons. The first-order valence-corrected chi connectivity index (χ1v) is 22.0. The highest BCUT2D eigenvalue weighted by atomic mass is 16.3. The van der Waals surface area contributed by atoms with Crippen molar-refractivity contribution in [2.45, 2.75) is 257 Å². The number of hydrogen-bond acceptors (Lipinski definition) is 4. The van der Waals surface area contributed by atoms with Gasteiger partial charge in [-0.1, -0.05) is 206 Å². The van der Waals surface area contributed by atoms with E-state index in [4.69, 9.17) is 0 Å². The average molecular weight is 694 g/mol. The Morgan fingerprint density at radius 3 is 1.18 bits per heavy atom. The second kappa shape index (κ2) is 39.9. The molecule has 0 aromatic carbocycles. The molecule has 1 amide bonds. The topological polar surface area (TPSA) is 89.8 Å². The van der Waals surface area contributed by atoms with E-state index in [1.807, 2.05) is 0 Å². The minimum absolute atomic E-state index is 0.151. The van der Waals surface area contributed by atoms with Gasteiger partial charge in [0.1, 0.15) is 6.10 Å². The number of unbranched alkanes of at least 4 members (excludes halogenated alkanes) is 30. The summed E-state index contributed by atoms with van der Waals surface area (Å²) >= 11 is 0. The molecule has 0 unspecified atom stereocenters. The van der Waals surface area contributed by atoms with Crippen LogP contribution in [-0.2, 0) is 4.79 Å². The molecule has 49 heavy (non-hydrogen) atoms. The third-order valence-electron chi connectivity index (χ3n) is 10.4. The van der Waals surface area contributed by atoms with E-state index in [0.29, 0.717) is 12.8 Å². The predicted octanol–water partition coefficient (Wildman–Crippen LogP) is 12.4. The number of carbonyl (C=O) groups excluding carboxylic acids is 1. The van der Waals surface area contributed by atoms with E-state index < -0.39 is 18.2 Å². The number of allylic oxidation sites excluding steroid dienone is 2. The van der Waals surface area contributed by atoms with E-state index in [2.05, 4.69) is 31.3 Å². The monoisotopic (exact) mass is 694 g/mol. The van der Waals surface area contributed by atoms with Gasteiger partial charge in [-0.05, 0) is 38.5 Å². The highest BCUT2D eigenvalue weighted by molar-refractivity contribution is 5.76. The van der Waals surface area contributed by atoms with E-state index in [9.17, 15) is 20.1 Å². The minimum atomic E-state index is -1.15. The number of aliphatic hydroxyl groups is 3. The van der Waals surface area contributed by atoms with Gasteiger partial charge in [-0.3, -0.25) is 4.79 Å². The van der Waals surface area contributed by atoms with Gasteiger partial charge >= 0.3 is 0 Å². The van der Waals surface area contributed by atoms with E-state index in [-0.39, 0.29) is 12.5 Å². The SMILES string of the molecule is CCCCCCCCCC=CCCC[C@@H](O)[C@@H](O)[C@H](CO)NC(=O)CCCCCCCCCCCCCCCCCCCCCCCCC. The Hall–Kier alpha value is -0.910. The molecular weight excluding hydrogens is 606 g/mol. The molecule has 292 valence electrons. The van der Waals surface area contributed by atoms with Crippen molar-refractivity contribution in [2.75, 3.05) is 6.61 Å². The highest BCUT2D eigenvalue weighted by Gasteiger charge is 2.26. The quantitative estimate of drug-likeness (QED) is 0.0380. The van der Waals surface area contributed by atoms with Gasteiger partial charge in [0.2, 0.25) is 5.91 Å². The van der Waals surface area contributed by atoms with Crippen LogP contribution in [0.5, 0.6) is 0 Å². The molecule has 0 saturated heterocycles. The van der Waals surface area contributed by atoms with Gasteiger partial charge in [0, 0.05) is 6.42 Å². The molecule has 0 fully saturated rings. The lowest BCUT2D eigenvalue weighted by molar-refractivity contribution is -0.124. The van der Waals surface area contributed by atoms with Crippen LogP contribution in [0, 0.1) is 0 Å². The Kier molecular flexibility index (Phi) is 39.1. The summed E-state index contributed by atoms with van der Waals surface area (Å²) in [5.74, 6) is -0.151. The third-order valence-corrected chi connectivity index (χ3v) is 10.4. The van der Waals surface area contributed by atoms with Crippen LogP contribution in [0.1, 0.15) is 239 Å². The Bertz CT molecular complexity index is 684. The Morgan fingerprint density at radius 1 is 0.490 bits per heavy atom. The van der Waals surface area contributed by atoms with Gasteiger partial charge in [0.25, 0.3) is 0 Å². The van der Waals surface area contributed by atoms with E-state index in [1.165, 1.54) is 173 Å². The number of amides is 1. The van der Waals surface area contributed by atoms with Crippen LogP contribution < -0.4 is 5.32 Å². The Labute approximate surface area is 306 Å². The van der Waals surface area contributed by atoms with Crippen molar-refractivity contribution in [3.05, 3.63) is 12.2 Å². The first kappa shape index (κ1) is 48.1. The van der Waals surface area contributed by atoms with Crippen molar-refractivity contribution >= 4 is 5.91 Å². The molecule has 5 heteroatoms. The van der Waals surface area contributed by atoms with E-state index in [0.717, 1.165) is 38.5 Å². The smallest absolute Gasteiger partial charge is 0.220 e. The molecule has 0 aliphatic carbocycles. The van der Waals surface area contributed by atoms with Crippen LogP contribution in [0.3, 0.4) is 0 Å². The number of hydrogen-bond donors (Lipinski definition) is 4. The molecule has 0 aliphatic rings. The first-order chi connectivity index (χ1) is 24.1. The van der Waals surface area contributed by atoms with Gasteiger partial charge in [0.15, 0.2) is 0 Å². The van der Waals surface area contributed by atoms with Crippen molar-refractivity contribution in [1.29, 1.82) is 0 Å². The first-order valence-electron chi connectivity index (χ1n) is 22.0. The fraction of sp³-hybridized carbons (Fsp3) is 0.932. The molecule has 0 saturated carbocycles. The summed E-state index contributed by atoms with van der Waals surface area (Å²) in [4.78, 5) is 12.4. The van der Waals surface area contributed by atoms with Crippen LogP contribution in [-0.4, -0.2) is 46.1 Å². The molecule has 0 aliphatic heterocycles. The van der Waals surface area contributed by atoms with Gasteiger partial charge in [-0.25, -0.2) is 0 Å². The van der Waals surface area contributed by atoms with Crippen LogP contribution in [0.25, 0.3) is 0 Å². The summed E-state index contributed by atoms with van der Waals surface area (Å²) < 4.78 is 0. The molecule has 0 aromatic rings. The van der Waals surface area contributed by atoms with Crippen LogP contribution in [0.2, 0.25) is 0 Å². The van der Waals surface area contributed by atoms with E-state index >= 15 is 0 Å². The maximum Gasteiger partial charge on any atom is 0.220 e. The highest BCUT2D eigenvalue weighted by Crippen LogP contribution is 2.16. The fourth-order valence-corrected chi connectivity index (χ4v) is 6.93. The number of rotatable bonds is 40. The lowest BCUT2D eigenvalue weighted by atomic mass is 10.0. The molecular formula is C44H87NO4. The molecule has 0 heterocycles. The van der Waals surface area contributed by atoms with Gasteiger partial charge in [-0.2, -0.15) is 0 Å². The molecule has 0 spiro atoms. The van der Waals surface area contributed by atoms with E-state index in [1.54, 1.807) is 0 Å². The minimum Gasteiger partial charge on any atom is -0.394 e. The molecule has 0 bridgehead atoms. The number of nitrogens with one attached hydrogen (secondary N) is 1. The molecule has 0 aromatic heterocycles. The second-order valence-electron chi connectivity index (χ2n) is 15.3. The van der Waals surface area contributed by atoms with Crippen LogP contribution in [0.4, 0.5) is 0 Å². The van der Waals surface area contributed by atoms with Gasteiger partial charge in [0.05, 0.1) is 18.8 Å². The lowest BCUT2D eigenvalue weighted by Crippen LogP contribution is -2.50. The summed E-state index contributed by atoms with van der Waals surface area (Å²) in [6.07, 6.45) is 46.2. The number of carbonyl (C=O) groups is 1. The molecule has 4 N–H and O–H groups in total. The van der Waals surface area contributed by atoms with Crippen molar-refractivity contribution in [2.24, 2.45) is 0 Å². The van der Waals surface area contributed by atoms with Crippen molar-refractivity contribution in [1.82, 2.24) is 5.32 Å². The molecule has 0 rings (SSSR count). The van der Waals surface area contributed by atoms with Crippen molar-refractivity contribution < 1.29 is 20.1 Å². The summed E-state index contributed by atoms with van der Waals surface area (Å²) in [6, 6.07) is -0.820. The summed E-state index contributed by atoms with van der Waals surface area (Å²) in [7, 11) is 0. The Morgan fingerprint density at radius 2 is 0.816 bits per heavy atom. The normalized spacial score (nSPS) is 13.7. The second-order valence-corrected chi connectivity index (χ2v) is 15.3. The maximum atomic E-state index is 12.4. The maximum absolute atomic E-state index is 12.4. The third kappa shape index (κ3) is 35.3. The molecule has 5 nitrogen and oxygen atoms in total.